The lowest BCUT2D eigenvalue weighted by atomic mass is 9.81. The fraction of sp³-hybridized carbons (Fsp3) is 0.857. The Morgan fingerprint density at radius 3 is 2.48 bits per heavy atom. The van der Waals surface area contributed by atoms with Gasteiger partial charge in [-0.2, -0.15) is 0 Å². The number of nitrogens with one attached hydrogen (secondary N) is 2. The van der Waals surface area contributed by atoms with Gasteiger partial charge in [0.05, 0.1) is 13.1 Å². The molecule has 3 fully saturated rings. The standard InChI is InChI=1S/C21H36N4O4/c22-20(28)18-7-4-10-24(18)11-9-16-14-25(12-8-15(16)13-19(26)27)21(29)23-17-5-2-1-3-6-17/h15-18H,1-14H2,(H2,22,28)(H,23,29)(H,26,27)/t15-,16-,18-/m0/s1. The third kappa shape index (κ3) is 6.07. The maximum absolute atomic E-state index is 12.8. The number of nitrogens with zero attached hydrogens (tertiary/aromatic N) is 1. The van der Waals surface area contributed by atoms with Crippen molar-refractivity contribution < 1.29 is 24.4 Å². The molecule has 2 heterocycles. The Morgan fingerprint density at radius 1 is 1.03 bits per heavy atom. The number of carbonyl (C=O) groups excluding carboxylic acids is 3. The summed E-state index contributed by atoms with van der Waals surface area (Å²) in [7, 11) is 0. The second-order valence-electron chi connectivity index (χ2n) is 9.16. The van der Waals surface area contributed by atoms with E-state index in [2.05, 4.69) is 5.32 Å². The van der Waals surface area contributed by atoms with Gasteiger partial charge < -0.3 is 30.8 Å². The zero-order chi connectivity index (χ0) is 20.8. The van der Waals surface area contributed by atoms with Gasteiger partial charge in [0.2, 0.25) is 0 Å². The van der Waals surface area contributed by atoms with Crippen molar-refractivity contribution in [3.05, 3.63) is 0 Å². The highest BCUT2D eigenvalue weighted by Gasteiger charge is 2.36. The lowest BCUT2D eigenvalue weighted by Gasteiger charge is -2.40. The summed E-state index contributed by atoms with van der Waals surface area (Å²) in [5, 5.41) is 14.4. The van der Waals surface area contributed by atoms with Crippen LogP contribution in [0.3, 0.4) is 0 Å². The van der Waals surface area contributed by atoms with E-state index in [4.69, 9.17) is 5.73 Å². The molecule has 164 valence electrons. The highest BCUT2D eigenvalue weighted by Crippen LogP contribution is 2.29. The molecule has 4 N–H and O–H groups in total. The van der Waals surface area contributed by atoms with Crippen molar-refractivity contribution in [2.75, 3.05) is 26.2 Å². The van der Waals surface area contributed by atoms with Crippen LogP contribution >= 0.6 is 0 Å². The average molecular weight is 409 g/mol. The molecule has 0 aromatic carbocycles. The molecule has 0 aromatic rings. The number of hydrogen-bond donors (Lipinski definition) is 3. The fourth-order valence-corrected chi connectivity index (χ4v) is 5.51. The molecule has 2 aliphatic heterocycles. The van der Waals surface area contributed by atoms with Crippen LogP contribution in [0.1, 0.15) is 64.2 Å². The fourth-order valence-electron chi connectivity index (χ4n) is 5.51. The van der Waals surface area contributed by atoms with E-state index in [0.717, 1.165) is 45.2 Å². The quantitative estimate of drug-likeness (QED) is 0.502. The second kappa shape index (κ2) is 10.3. The molecule has 0 aromatic heterocycles. The van der Waals surface area contributed by atoms with Crippen molar-refractivity contribution in [2.24, 2.45) is 17.6 Å². The number of aliphatic carboxylic acids is 1. The molecular weight excluding hydrogens is 372 g/mol. The molecule has 0 bridgehead atoms. The van der Waals surface area contributed by atoms with Crippen molar-refractivity contribution in [2.45, 2.75) is 76.3 Å². The van der Waals surface area contributed by atoms with Gasteiger partial charge in [-0.05, 0) is 37.5 Å². The summed E-state index contributed by atoms with van der Waals surface area (Å²) >= 11 is 0. The van der Waals surface area contributed by atoms with Crippen LogP contribution in [0.5, 0.6) is 0 Å². The summed E-state index contributed by atoms with van der Waals surface area (Å²) in [6.07, 6.45) is 9.01. The van der Waals surface area contributed by atoms with E-state index in [-0.39, 0.29) is 42.3 Å². The van der Waals surface area contributed by atoms with E-state index in [1.165, 1.54) is 24.2 Å². The highest BCUT2D eigenvalue weighted by atomic mass is 16.4. The number of amides is 3. The lowest BCUT2D eigenvalue weighted by Crippen LogP contribution is -3.15. The molecule has 29 heavy (non-hydrogen) atoms. The van der Waals surface area contributed by atoms with E-state index < -0.39 is 5.97 Å². The zero-order valence-corrected chi connectivity index (χ0v) is 17.4. The number of piperidine rings is 1. The third-order valence-electron chi connectivity index (χ3n) is 7.20. The maximum Gasteiger partial charge on any atom is 0.317 e. The van der Waals surface area contributed by atoms with Crippen molar-refractivity contribution in [1.82, 2.24) is 10.2 Å². The topological polar surface area (TPSA) is 120 Å². The first kappa shape index (κ1) is 21.9. The molecule has 8 heteroatoms. The number of carbonyl (C=O) groups is 3. The largest absolute Gasteiger partial charge is 0.550 e. The monoisotopic (exact) mass is 408 g/mol. The molecule has 8 nitrogen and oxygen atoms in total. The number of rotatable bonds is 7. The van der Waals surface area contributed by atoms with Gasteiger partial charge in [-0.1, -0.05) is 19.3 Å². The molecule has 1 saturated carbocycles. The minimum Gasteiger partial charge on any atom is -0.550 e. The predicted octanol–water partition coefficient (Wildman–Crippen LogP) is -0.970. The second-order valence-corrected chi connectivity index (χ2v) is 9.16. The van der Waals surface area contributed by atoms with Crippen LogP contribution in [0.4, 0.5) is 4.79 Å². The van der Waals surface area contributed by atoms with Crippen LogP contribution < -0.4 is 21.1 Å². The van der Waals surface area contributed by atoms with E-state index in [1.807, 2.05) is 4.90 Å². The lowest BCUT2D eigenvalue weighted by molar-refractivity contribution is -0.903. The Balaban J connectivity index is 1.56. The van der Waals surface area contributed by atoms with Crippen LogP contribution in [0, 0.1) is 11.8 Å². The first-order chi connectivity index (χ1) is 13.9. The Labute approximate surface area is 173 Å². The minimum atomic E-state index is -1.02. The van der Waals surface area contributed by atoms with Crippen LogP contribution in [-0.2, 0) is 9.59 Å². The van der Waals surface area contributed by atoms with Gasteiger partial charge in [0.25, 0.3) is 5.91 Å². The molecule has 1 aliphatic carbocycles. The first-order valence-electron chi connectivity index (χ1n) is 11.3. The number of urea groups is 1. The first-order valence-corrected chi connectivity index (χ1v) is 11.3. The maximum atomic E-state index is 12.8. The number of quaternary nitrogens is 1. The van der Waals surface area contributed by atoms with Crippen molar-refractivity contribution in [3.8, 4) is 0 Å². The molecule has 4 atom stereocenters. The van der Waals surface area contributed by atoms with Gasteiger partial charge in [-0.3, -0.25) is 4.79 Å². The Kier molecular flexibility index (Phi) is 7.75. The Morgan fingerprint density at radius 2 is 1.79 bits per heavy atom. The van der Waals surface area contributed by atoms with Gasteiger partial charge in [-0.25, -0.2) is 4.79 Å². The number of primary amides is 1. The third-order valence-corrected chi connectivity index (χ3v) is 7.20. The van der Waals surface area contributed by atoms with Crippen LogP contribution in [0.25, 0.3) is 0 Å². The summed E-state index contributed by atoms with van der Waals surface area (Å²) in [6, 6.07) is 0.113. The van der Waals surface area contributed by atoms with Gasteiger partial charge in [0.15, 0.2) is 6.04 Å². The number of likely N-dealkylation sites (tertiary alicyclic amines) is 2. The predicted molar refractivity (Wildman–Crippen MR) is 106 cm³/mol. The molecule has 0 radical (unpaired) electrons. The molecule has 2 saturated heterocycles. The number of hydrogen-bond acceptors (Lipinski definition) is 4. The summed E-state index contributed by atoms with van der Waals surface area (Å²) in [4.78, 5) is 38.7. The van der Waals surface area contributed by atoms with Gasteiger partial charge in [-0.15, -0.1) is 0 Å². The van der Waals surface area contributed by atoms with Gasteiger partial charge in [0.1, 0.15) is 0 Å². The van der Waals surface area contributed by atoms with Crippen molar-refractivity contribution >= 4 is 17.9 Å². The van der Waals surface area contributed by atoms with E-state index in [0.29, 0.717) is 19.5 Å². The van der Waals surface area contributed by atoms with E-state index in [9.17, 15) is 19.5 Å². The molecule has 1 unspecified atom stereocenters. The number of nitrogens with two attached hydrogens (primary N) is 1. The molecule has 0 spiro atoms. The summed E-state index contributed by atoms with van der Waals surface area (Å²) in [6.45, 7) is 2.88. The normalized spacial score (nSPS) is 30.8. The van der Waals surface area contributed by atoms with Crippen LogP contribution in [0.2, 0.25) is 0 Å². The van der Waals surface area contributed by atoms with Gasteiger partial charge in [0, 0.05) is 44.4 Å². The Bertz CT molecular complexity index is 593. The smallest absolute Gasteiger partial charge is 0.317 e. The summed E-state index contributed by atoms with van der Waals surface area (Å²) in [5.41, 5.74) is 5.53. The molecular formula is C21H36N4O4. The minimum absolute atomic E-state index is 0.0164. The SMILES string of the molecule is NC(=O)[C@@H]1CCC[NH+]1CC[C@H]1CN(C(=O)NC2CCCCC2)CC[C@H]1CC(=O)[O-]. The van der Waals surface area contributed by atoms with E-state index >= 15 is 0 Å². The number of carboxylic acid groups (broad SMARTS) is 1. The van der Waals surface area contributed by atoms with Gasteiger partial charge >= 0.3 is 6.03 Å². The van der Waals surface area contributed by atoms with Crippen LogP contribution in [0.15, 0.2) is 0 Å². The molecule has 3 amide bonds. The summed E-state index contributed by atoms with van der Waals surface area (Å²) < 4.78 is 0. The molecule has 3 aliphatic rings. The average Bonchev–Trinajstić information content (AvgIpc) is 3.16. The van der Waals surface area contributed by atoms with Crippen molar-refractivity contribution in [3.63, 3.8) is 0 Å². The van der Waals surface area contributed by atoms with E-state index in [1.54, 1.807) is 0 Å². The summed E-state index contributed by atoms with van der Waals surface area (Å²) in [5.74, 6) is -1.14. The van der Waals surface area contributed by atoms with Crippen molar-refractivity contribution in [1.29, 1.82) is 0 Å². The highest BCUT2D eigenvalue weighted by molar-refractivity contribution is 5.78. The number of carboxylic acids is 1. The zero-order valence-electron chi connectivity index (χ0n) is 17.4. The Hall–Kier alpha value is -1.83. The molecule has 3 rings (SSSR count). The van der Waals surface area contributed by atoms with Crippen LogP contribution in [-0.4, -0.2) is 61.1 Å².